The first-order valence-corrected chi connectivity index (χ1v) is 15.6. The number of halogens is 3. The van der Waals surface area contributed by atoms with Gasteiger partial charge in [0.2, 0.25) is 11.8 Å². The molecule has 0 aliphatic rings. The van der Waals surface area contributed by atoms with E-state index in [4.69, 9.17) is 23.2 Å². The summed E-state index contributed by atoms with van der Waals surface area (Å²) in [6.45, 7) is 4.95. The Morgan fingerprint density at radius 1 is 0.949 bits per heavy atom. The Kier molecular flexibility index (Phi) is 11.1. The molecule has 2 unspecified atom stereocenters. The highest BCUT2D eigenvalue weighted by Gasteiger charge is 2.32. The highest BCUT2D eigenvalue weighted by atomic mass is 127. The molecule has 0 fully saturated rings. The Balaban J connectivity index is 2.02. The molecule has 39 heavy (non-hydrogen) atoms. The van der Waals surface area contributed by atoms with Crippen molar-refractivity contribution in [3.8, 4) is 0 Å². The Morgan fingerprint density at radius 2 is 1.59 bits per heavy atom. The predicted molar refractivity (Wildman–Crippen MR) is 165 cm³/mol. The molecule has 0 saturated heterocycles. The maximum atomic E-state index is 13.9. The number of carbonyl (C=O) groups is 2. The second-order valence-electron chi connectivity index (χ2n) is 9.07. The van der Waals surface area contributed by atoms with Gasteiger partial charge in [-0.15, -0.1) is 0 Å². The highest BCUT2D eigenvalue weighted by Crippen LogP contribution is 2.27. The minimum absolute atomic E-state index is 0.0245. The first-order valence-electron chi connectivity index (χ1n) is 12.3. The number of amides is 2. The minimum atomic E-state index is -4.11. The molecule has 2 amide bonds. The van der Waals surface area contributed by atoms with E-state index in [9.17, 15) is 18.0 Å². The standard InChI is InChI=1S/C28H30Cl2IN3O4S/c1-4-19(2)32-28(36)20(3)33(17-21-10-15-25(29)26(30)16-21)27(35)18-34(23-13-11-22(31)12-14-23)39(37,38)24-8-6-5-7-9-24/h5-16,19-20H,4,17-18H2,1-3H3,(H,32,36). The lowest BCUT2D eigenvalue weighted by molar-refractivity contribution is -0.139. The quantitative estimate of drug-likeness (QED) is 0.244. The molecular formula is C28H30Cl2IN3O4S. The van der Waals surface area contributed by atoms with Crippen molar-refractivity contribution in [3.05, 3.63) is 92.0 Å². The van der Waals surface area contributed by atoms with Gasteiger partial charge in [-0.05, 0) is 97.0 Å². The lowest BCUT2D eigenvalue weighted by Gasteiger charge is -2.32. The first-order chi connectivity index (χ1) is 18.4. The number of benzene rings is 3. The van der Waals surface area contributed by atoms with Crippen LogP contribution in [0.15, 0.2) is 77.7 Å². The minimum Gasteiger partial charge on any atom is -0.352 e. The number of nitrogens with zero attached hydrogens (tertiary/aromatic N) is 2. The zero-order valence-corrected chi connectivity index (χ0v) is 26.3. The Hall–Kier alpha value is -2.34. The monoisotopic (exact) mass is 701 g/mol. The molecule has 7 nitrogen and oxygen atoms in total. The summed E-state index contributed by atoms with van der Waals surface area (Å²) in [7, 11) is -4.11. The van der Waals surface area contributed by atoms with Crippen LogP contribution in [0.1, 0.15) is 32.8 Å². The predicted octanol–water partition coefficient (Wildman–Crippen LogP) is 6.13. The van der Waals surface area contributed by atoms with Gasteiger partial charge in [-0.25, -0.2) is 8.42 Å². The van der Waals surface area contributed by atoms with Crippen molar-refractivity contribution in [2.45, 2.75) is 50.7 Å². The van der Waals surface area contributed by atoms with Gasteiger partial charge in [-0.2, -0.15) is 0 Å². The summed E-state index contributed by atoms with van der Waals surface area (Å²) < 4.78 is 29.5. The van der Waals surface area contributed by atoms with Crippen LogP contribution in [0.4, 0.5) is 5.69 Å². The largest absolute Gasteiger partial charge is 0.352 e. The molecule has 2 atom stereocenters. The average molecular weight is 702 g/mol. The van der Waals surface area contributed by atoms with Crippen molar-refractivity contribution >= 4 is 73.3 Å². The first kappa shape index (κ1) is 31.2. The lowest BCUT2D eigenvalue weighted by Crippen LogP contribution is -2.52. The van der Waals surface area contributed by atoms with E-state index in [2.05, 4.69) is 27.9 Å². The van der Waals surface area contributed by atoms with E-state index in [1.165, 1.54) is 17.0 Å². The fourth-order valence-electron chi connectivity index (χ4n) is 3.74. The normalized spacial score (nSPS) is 12.9. The molecule has 11 heteroatoms. The molecule has 0 aliphatic carbocycles. The summed E-state index contributed by atoms with van der Waals surface area (Å²) in [6, 6.07) is 18.7. The van der Waals surface area contributed by atoms with Crippen LogP contribution in [-0.4, -0.2) is 43.8 Å². The summed E-state index contributed by atoms with van der Waals surface area (Å²) in [5.74, 6) is -0.893. The number of hydrogen-bond donors (Lipinski definition) is 1. The van der Waals surface area contributed by atoms with E-state index in [0.717, 1.165) is 14.3 Å². The molecule has 0 heterocycles. The molecule has 0 spiro atoms. The third kappa shape index (κ3) is 8.09. The fraction of sp³-hybridized carbons (Fsp3) is 0.286. The molecular weight excluding hydrogens is 672 g/mol. The van der Waals surface area contributed by atoms with Gasteiger partial charge in [0.15, 0.2) is 0 Å². The van der Waals surface area contributed by atoms with Gasteiger partial charge in [0.05, 0.1) is 20.6 Å². The van der Waals surface area contributed by atoms with E-state index < -0.39 is 28.5 Å². The van der Waals surface area contributed by atoms with E-state index in [-0.39, 0.29) is 23.4 Å². The van der Waals surface area contributed by atoms with Crippen LogP contribution in [-0.2, 0) is 26.2 Å². The highest BCUT2D eigenvalue weighted by molar-refractivity contribution is 14.1. The maximum Gasteiger partial charge on any atom is 0.264 e. The maximum absolute atomic E-state index is 13.9. The molecule has 3 aromatic carbocycles. The van der Waals surface area contributed by atoms with Crippen LogP contribution in [0.25, 0.3) is 0 Å². The van der Waals surface area contributed by atoms with Gasteiger partial charge in [-0.1, -0.05) is 54.4 Å². The third-order valence-corrected chi connectivity index (χ3v) is 9.48. The van der Waals surface area contributed by atoms with Crippen molar-refractivity contribution in [1.82, 2.24) is 10.2 Å². The van der Waals surface area contributed by atoms with E-state index in [0.29, 0.717) is 21.3 Å². The average Bonchev–Trinajstić information content (AvgIpc) is 2.92. The molecule has 1 N–H and O–H groups in total. The number of hydrogen-bond acceptors (Lipinski definition) is 4. The van der Waals surface area contributed by atoms with E-state index in [1.54, 1.807) is 67.6 Å². The van der Waals surface area contributed by atoms with Crippen LogP contribution in [0.2, 0.25) is 10.0 Å². The summed E-state index contributed by atoms with van der Waals surface area (Å²) >= 11 is 14.4. The molecule has 0 radical (unpaired) electrons. The fourth-order valence-corrected chi connectivity index (χ4v) is 5.85. The van der Waals surface area contributed by atoms with Crippen molar-refractivity contribution in [2.75, 3.05) is 10.8 Å². The van der Waals surface area contributed by atoms with Gasteiger partial charge in [0.1, 0.15) is 12.6 Å². The molecule has 0 bridgehead atoms. The molecule has 0 aromatic heterocycles. The van der Waals surface area contributed by atoms with Crippen molar-refractivity contribution in [3.63, 3.8) is 0 Å². The second-order valence-corrected chi connectivity index (χ2v) is 13.0. The molecule has 3 aromatic rings. The molecule has 3 rings (SSSR count). The number of nitrogens with one attached hydrogen (secondary N) is 1. The third-order valence-electron chi connectivity index (χ3n) is 6.23. The molecule has 0 aliphatic heterocycles. The zero-order valence-electron chi connectivity index (χ0n) is 21.8. The van der Waals surface area contributed by atoms with Crippen LogP contribution >= 0.6 is 45.8 Å². The van der Waals surface area contributed by atoms with Gasteiger partial charge in [-0.3, -0.25) is 13.9 Å². The van der Waals surface area contributed by atoms with Crippen molar-refractivity contribution < 1.29 is 18.0 Å². The number of sulfonamides is 1. The van der Waals surface area contributed by atoms with E-state index in [1.807, 2.05) is 13.8 Å². The van der Waals surface area contributed by atoms with Crippen LogP contribution < -0.4 is 9.62 Å². The Morgan fingerprint density at radius 3 is 2.18 bits per heavy atom. The Labute approximate surface area is 253 Å². The summed E-state index contributed by atoms with van der Waals surface area (Å²) in [4.78, 5) is 28.4. The van der Waals surface area contributed by atoms with Crippen molar-refractivity contribution in [1.29, 1.82) is 0 Å². The van der Waals surface area contributed by atoms with Crippen LogP contribution in [0, 0.1) is 3.57 Å². The van der Waals surface area contributed by atoms with E-state index >= 15 is 0 Å². The second kappa shape index (κ2) is 13.8. The van der Waals surface area contributed by atoms with Gasteiger partial charge in [0, 0.05) is 16.2 Å². The molecule has 208 valence electrons. The zero-order chi connectivity index (χ0) is 28.7. The molecule has 0 saturated carbocycles. The number of anilines is 1. The van der Waals surface area contributed by atoms with Crippen LogP contribution in [0.3, 0.4) is 0 Å². The SMILES string of the molecule is CCC(C)NC(=O)C(C)N(Cc1ccc(Cl)c(Cl)c1)C(=O)CN(c1ccc(I)cc1)S(=O)(=O)c1ccccc1. The van der Waals surface area contributed by atoms with Crippen molar-refractivity contribution in [2.24, 2.45) is 0 Å². The number of carbonyl (C=O) groups excluding carboxylic acids is 2. The Bertz CT molecular complexity index is 1410. The lowest BCUT2D eigenvalue weighted by atomic mass is 10.1. The van der Waals surface area contributed by atoms with Crippen LogP contribution in [0.5, 0.6) is 0 Å². The van der Waals surface area contributed by atoms with Gasteiger partial charge >= 0.3 is 0 Å². The van der Waals surface area contributed by atoms with Gasteiger partial charge < -0.3 is 10.2 Å². The van der Waals surface area contributed by atoms with Gasteiger partial charge in [0.25, 0.3) is 10.0 Å². The summed E-state index contributed by atoms with van der Waals surface area (Å²) in [5, 5.41) is 3.58. The summed E-state index contributed by atoms with van der Waals surface area (Å²) in [6.07, 6.45) is 0.717. The number of rotatable bonds is 11. The topological polar surface area (TPSA) is 86.8 Å². The smallest absolute Gasteiger partial charge is 0.264 e. The summed E-state index contributed by atoms with van der Waals surface area (Å²) in [5.41, 5.74) is 0.978.